The van der Waals surface area contributed by atoms with Gasteiger partial charge in [-0.2, -0.15) is 0 Å². The fourth-order valence-electron chi connectivity index (χ4n) is 8.95. The monoisotopic (exact) mass is 428 g/mol. The van der Waals surface area contributed by atoms with Gasteiger partial charge in [0.05, 0.1) is 0 Å². The first-order valence-corrected chi connectivity index (χ1v) is 13.5. The van der Waals surface area contributed by atoms with E-state index in [9.17, 15) is 4.79 Å². The molecule has 31 heavy (non-hydrogen) atoms. The van der Waals surface area contributed by atoms with Crippen LogP contribution in [0.15, 0.2) is 12.2 Å². The van der Waals surface area contributed by atoms with Crippen molar-refractivity contribution in [3.63, 3.8) is 0 Å². The molecule has 0 aromatic heterocycles. The largest absolute Gasteiger partial charge is 0.463 e. The normalized spacial score (nSPS) is 45.0. The molecule has 0 bridgehead atoms. The Bertz CT molecular complexity index is 680. The number of fused-ring (bicyclic) bond motifs is 5. The summed E-state index contributed by atoms with van der Waals surface area (Å²) >= 11 is 0. The van der Waals surface area contributed by atoms with Crippen LogP contribution < -0.4 is 0 Å². The minimum Gasteiger partial charge on any atom is -0.463 e. The third-order valence-corrected chi connectivity index (χ3v) is 10.6. The molecule has 0 heterocycles. The number of hydrogen-bond donors (Lipinski definition) is 0. The Morgan fingerprint density at radius 2 is 1.68 bits per heavy atom. The van der Waals surface area contributed by atoms with Crippen LogP contribution in [0.25, 0.3) is 0 Å². The van der Waals surface area contributed by atoms with Crippen molar-refractivity contribution in [2.24, 2.45) is 52.3 Å². The maximum atomic E-state index is 11.5. The van der Waals surface area contributed by atoms with Crippen LogP contribution in [0.3, 0.4) is 0 Å². The average Bonchev–Trinajstić information content (AvgIpc) is 3.05. The van der Waals surface area contributed by atoms with Gasteiger partial charge in [0.25, 0.3) is 0 Å². The molecule has 4 rings (SSSR count). The van der Waals surface area contributed by atoms with Gasteiger partial charge in [0.1, 0.15) is 6.10 Å². The Kier molecular flexibility index (Phi) is 6.68. The number of carbonyl (C=O) groups is 1. The molecular weight excluding hydrogens is 380 g/mol. The molecule has 3 fully saturated rings. The summed E-state index contributed by atoms with van der Waals surface area (Å²) in [6.07, 6.45) is 18.6. The lowest BCUT2D eigenvalue weighted by Gasteiger charge is -2.59. The third-order valence-electron chi connectivity index (χ3n) is 10.6. The lowest BCUT2D eigenvalue weighted by Crippen LogP contribution is -2.52. The van der Waals surface area contributed by atoms with E-state index in [4.69, 9.17) is 4.74 Å². The molecular formula is C29H48O2. The summed E-state index contributed by atoms with van der Waals surface area (Å²) in [5, 5.41) is 0. The van der Waals surface area contributed by atoms with E-state index in [1.165, 1.54) is 51.4 Å². The predicted molar refractivity (Wildman–Crippen MR) is 129 cm³/mol. The maximum absolute atomic E-state index is 11.5. The Hall–Kier alpha value is -0.790. The first-order chi connectivity index (χ1) is 14.6. The number of hydrogen-bond acceptors (Lipinski definition) is 2. The van der Waals surface area contributed by atoms with E-state index in [-0.39, 0.29) is 12.1 Å². The van der Waals surface area contributed by atoms with Crippen molar-refractivity contribution in [2.45, 2.75) is 112 Å². The van der Waals surface area contributed by atoms with Gasteiger partial charge < -0.3 is 4.74 Å². The summed E-state index contributed by atoms with van der Waals surface area (Å²) in [6.45, 7) is 14.1. The minimum atomic E-state index is -0.112. The fourth-order valence-corrected chi connectivity index (χ4v) is 8.95. The average molecular weight is 429 g/mol. The van der Waals surface area contributed by atoms with Crippen LogP contribution in [0.1, 0.15) is 106 Å². The highest BCUT2D eigenvalue weighted by atomic mass is 16.5. The van der Waals surface area contributed by atoms with Crippen molar-refractivity contribution in [3.05, 3.63) is 12.2 Å². The summed E-state index contributed by atoms with van der Waals surface area (Å²) in [5.41, 5.74) is 0.944. The zero-order valence-electron chi connectivity index (χ0n) is 21.2. The standard InChI is InChI=1S/C29H48O2/c1-19(2)8-7-9-20(3)25-12-13-26-24-11-10-22-18-23(31-21(4)30)14-16-28(22,5)27(24)15-17-29(25,26)6/h10-11,19-20,22-27H,7-9,12-18H2,1-6H3/t20-,22?,23?,24?,25?,26?,27?,28+,29-/m1/s1. The smallest absolute Gasteiger partial charge is 0.302 e. The topological polar surface area (TPSA) is 26.3 Å². The first kappa shape index (κ1) is 23.4. The van der Waals surface area contributed by atoms with Crippen LogP contribution in [-0.2, 0) is 9.53 Å². The first-order valence-electron chi connectivity index (χ1n) is 13.5. The Morgan fingerprint density at radius 1 is 0.968 bits per heavy atom. The molecule has 0 N–H and O–H groups in total. The summed E-state index contributed by atoms with van der Waals surface area (Å²) in [7, 11) is 0. The number of ether oxygens (including phenoxy) is 1. The summed E-state index contributed by atoms with van der Waals surface area (Å²) in [6, 6.07) is 0. The molecule has 0 amide bonds. The van der Waals surface area contributed by atoms with Gasteiger partial charge >= 0.3 is 5.97 Å². The summed E-state index contributed by atoms with van der Waals surface area (Å²) < 4.78 is 5.62. The van der Waals surface area contributed by atoms with Gasteiger partial charge in [0.2, 0.25) is 0 Å². The number of carbonyl (C=O) groups excluding carboxylic acids is 1. The molecule has 176 valence electrons. The molecule has 0 aromatic rings. The molecule has 2 nitrogen and oxygen atoms in total. The van der Waals surface area contributed by atoms with Gasteiger partial charge in [-0.25, -0.2) is 0 Å². The Morgan fingerprint density at radius 3 is 2.39 bits per heavy atom. The van der Waals surface area contributed by atoms with E-state index >= 15 is 0 Å². The third kappa shape index (κ3) is 4.26. The molecule has 6 unspecified atom stereocenters. The number of allylic oxidation sites excluding steroid dienone is 2. The van der Waals surface area contributed by atoms with Crippen LogP contribution in [0.4, 0.5) is 0 Å². The molecule has 0 aromatic carbocycles. The van der Waals surface area contributed by atoms with E-state index in [0.717, 1.165) is 48.3 Å². The van der Waals surface area contributed by atoms with Crippen molar-refractivity contribution in [2.75, 3.05) is 0 Å². The molecule has 4 aliphatic carbocycles. The maximum Gasteiger partial charge on any atom is 0.302 e. The van der Waals surface area contributed by atoms with Gasteiger partial charge in [0, 0.05) is 6.92 Å². The van der Waals surface area contributed by atoms with Crippen molar-refractivity contribution in [3.8, 4) is 0 Å². The lowest BCUT2D eigenvalue weighted by atomic mass is 9.46. The van der Waals surface area contributed by atoms with Gasteiger partial charge in [0.15, 0.2) is 0 Å². The van der Waals surface area contributed by atoms with Crippen LogP contribution in [0.5, 0.6) is 0 Å². The molecule has 2 heteroatoms. The quantitative estimate of drug-likeness (QED) is 0.318. The lowest BCUT2D eigenvalue weighted by molar-refractivity contribution is -0.153. The van der Waals surface area contributed by atoms with Crippen molar-refractivity contribution < 1.29 is 9.53 Å². The van der Waals surface area contributed by atoms with Crippen molar-refractivity contribution in [1.29, 1.82) is 0 Å². The molecule has 0 radical (unpaired) electrons. The minimum absolute atomic E-state index is 0.112. The second-order valence-corrected chi connectivity index (χ2v) is 12.8. The molecule has 0 saturated heterocycles. The molecule has 0 spiro atoms. The van der Waals surface area contributed by atoms with E-state index in [1.807, 2.05) is 0 Å². The Balaban J connectivity index is 1.47. The van der Waals surface area contributed by atoms with Crippen LogP contribution >= 0.6 is 0 Å². The molecule has 3 saturated carbocycles. The highest BCUT2D eigenvalue weighted by Gasteiger charge is 2.59. The Labute approximate surface area is 192 Å². The molecule has 9 atom stereocenters. The summed E-state index contributed by atoms with van der Waals surface area (Å²) in [5.74, 6) is 5.59. The van der Waals surface area contributed by atoms with Gasteiger partial charge in [-0.05, 0) is 97.2 Å². The van der Waals surface area contributed by atoms with Crippen molar-refractivity contribution >= 4 is 5.97 Å². The van der Waals surface area contributed by atoms with Gasteiger partial charge in [-0.1, -0.05) is 66.0 Å². The molecule has 0 aliphatic heterocycles. The highest BCUT2D eigenvalue weighted by molar-refractivity contribution is 5.66. The second kappa shape index (κ2) is 8.86. The van der Waals surface area contributed by atoms with Crippen LogP contribution in [0, 0.1) is 52.3 Å². The van der Waals surface area contributed by atoms with E-state index in [0.29, 0.717) is 16.7 Å². The SMILES string of the molecule is CC(=O)OC1CC[C@@]2(C)C(C=CC3C2CC[C@@]2(C)C3CCC2[C@H](C)CCCC(C)C)C1. The number of esters is 1. The van der Waals surface area contributed by atoms with Crippen molar-refractivity contribution in [1.82, 2.24) is 0 Å². The van der Waals surface area contributed by atoms with Gasteiger partial charge in [-0.3, -0.25) is 4.79 Å². The zero-order chi connectivity index (χ0) is 22.4. The van der Waals surface area contributed by atoms with E-state index in [2.05, 4.69) is 46.8 Å². The highest BCUT2D eigenvalue weighted by Crippen LogP contribution is 2.67. The van der Waals surface area contributed by atoms with Crippen LogP contribution in [0.2, 0.25) is 0 Å². The fraction of sp³-hybridized carbons (Fsp3) is 0.897. The van der Waals surface area contributed by atoms with Gasteiger partial charge in [-0.15, -0.1) is 0 Å². The summed E-state index contributed by atoms with van der Waals surface area (Å²) in [4.78, 5) is 11.5. The predicted octanol–water partition coefficient (Wildman–Crippen LogP) is 7.82. The second-order valence-electron chi connectivity index (χ2n) is 12.8. The van der Waals surface area contributed by atoms with Crippen LogP contribution in [-0.4, -0.2) is 12.1 Å². The van der Waals surface area contributed by atoms with E-state index in [1.54, 1.807) is 6.92 Å². The van der Waals surface area contributed by atoms with E-state index < -0.39 is 0 Å². The number of rotatable bonds is 6. The molecule has 4 aliphatic rings. The zero-order valence-corrected chi connectivity index (χ0v) is 21.2.